The molecule has 1 aliphatic heterocycles. The van der Waals surface area contributed by atoms with Crippen molar-refractivity contribution in [3.05, 3.63) is 100 Å². The monoisotopic (exact) mass is 445 g/mol. The predicted octanol–water partition coefficient (Wildman–Crippen LogP) is 6.20. The van der Waals surface area contributed by atoms with Crippen LogP contribution < -0.4 is 15.4 Å². The van der Waals surface area contributed by atoms with E-state index in [0.29, 0.717) is 10.8 Å². The van der Waals surface area contributed by atoms with E-state index >= 15 is 0 Å². The Morgan fingerprint density at radius 1 is 1.03 bits per heavy atom. The quantitative estimate of drug-likeness (QED) is 0.267. The molecule has 1 unspecified atom stereocenters. The van der Waals surface area contributed by atoms with E-state index in [9.17, 15) is 10.1 Å². The van der Waals surface area contributed by atoms with Gasteiger partial charge in [0.1, 0.15) is 11.4 Å². The Balaban J connectivity index is 1.37. The van der Waals surface area contributed by atoms with Gasteiger partial charge >= 0.3 is 0 Å². The van der Waals surface area contributed by atoms with Gasteiger partial charge in [-0.15, -0.1) is 0 Å². The lowest BCUT2D eigenvalue weighted by Gasteiger charge is -2.32. The molecular formula is C25H23N3O3S. The molecule has 0 fully saturated rings. The minimum absolute atomic E-state index is 0.0340. The Bertz CT molecular complexity index is 1160. The molecule has 6 nitrogen and oxygen atoms in total. The average Bonchev–Trinajstić information content (AvgIpc) is 2.79. The zero-order chi connectivity index (χ0) is 22.6. The van der Waals surface area contributed by atoms with Gasteiger partial charge in [-0.05, 0) is 74.0 Å². The van der Waals surface area contributed by atoms with Crippen molar-refractivity contribution in [3.8, 4) is 5.75 Å². The Hall–Kier alpha value is -3.71. The van der Waals surface area contributed by atoms with E-state index in [0.717, 1.165) is 29.8 Å². The number of nitro groups is 1. The van der Waals surface area contributed by atoms with Crippen LogP contribution in [0.3, 0.4) is 0 Å². The largest absolute Gasteiger partial charge is 0.483 e. The molecule has 1 heterocycles. The zero-order valence-electron chi connectivity index (χ0n) is 17.6. The van der Waals surface area contributed by atoms with E-state index in [4.69, 9.17) is 17.0 Å². The lowest BCUT2D eigenvalue weighted by molar-refractivity contribution is -0.384. The van der Waals surface area contributed by atoms with E-state index in [2.05, 4.69) is 54.0 Å². The number of hydrogen-bond donors (Lipinski definition) is 2. The second-order valence-corrected chi connectivity index (χ2v) is 8.28. The maximum Gasteiger partial charge on any atom is 0.269 e. The van der Waals surface area contributed by atoms with Gasteiger partial charge < -0.3 is 15.4 Å². The van der Waals surface area contributed by atoms with Crippen molar-refractivity contribution in [3.63, 3.8) is 0 Å². The molecule has 0 saturated heterocycles. The number of nitrogens with one attached hydrogen (secondary N) is 2. The summed E-state index contributed by atoms with van der Waals surface area (Å²) in [4.78, 5) is 10.3. The molecule has 1 aliphatic rings. The third kappa shape index (κ3) is 5.31. The summed E-state index contributed by atoms with van der Waals surface area (Å²) in [6.45, 7) is 2.10. The van der Waals surface area contributed by atoms with Crippen molar-refractivity contribution in [1.82, 2.24) is 0 Å². The molecule has 0 amide bonds. The maximum atomic E-state index is 10.8. The smallest absolute Gasteiger partial charge is 0.269 e. The molecule has 0 aliphatic carbocycles. The van der Waals surface area contributed by atoms with Crippen molar-refractivity contribution in [1.29, 1.82) is 0 Å². The van der Waals surface area contributed by atoms with Crippen LogP contribution in [0.2, 0.25) is 0 Å². The van der Waals surface area contributed by atoms with Crippen LogP contribution in [0.15, 0.2) is 78.9 Å². The standard InChI is InChI=1S/C25H23N3O3S/c1-25(15-13-18-5-3-2-4-6-18)16-14-19-17-21(9-12-23(19)31-25)27-24(32)26-20-7-10-22(11-8-20)28(29)30/h2-12,14,16-17H,13,15H2,1H3,(H2,26,27,32). The van der Waals surface area contributed by atoms with Gasteiger partial charge in [0, 0.05) is 29.1 Å². The zero-order valence-corrected chi connectivity index (χ0v) is 18.4. The van der Waals surface area contributed by atoms with Gasteiger partial charge in [0.05, 0.1) is 4.92 Å². The fourth-order valence-electron chi connectivity index (χ4n) is 3.53. The van der Waals surface area contributed by atoms with Crippen LogP contribution in [0, 0.1) is 10.1 Å². The molecule has 2 N–H and O–H groups in total. The molecule has 1 atom stereocenters. The third-order valence-corrected chi connectivity index (χ3v) is 5.52. The number of anilines is 2. The van der Waals surface area contributed by atoms with Gasteiger partial charge in [-0.25, -0.2) is 0 Å². The minimum atomic E-state index is -0.435. The van der Waals surface area contributed by atoms with Crippen molar-refractivity contribution < 1.29 is 9.66 Å². The predicted molar refractivity (Wildman–Crippen MR) is 132 cm³/mol. The number of nitro benzene ring substituents is 1. The summed E-state index contributed by atoms with van der Waals surface area (Å²) in [6, 6.07) is 22.3. The van der Waals surface area contributed by atoms with Crippen LogP contribution in [0.25, 0.3) is 6.08 Å². The van der Waals surface area contributed by atoms with Gasteiger partial charge in [-0.1, -0.05) is 36.4 Å². The number of fused-ring (bicyclic) bond motifs is 1. The number of aryl methyl sites for hydroxylation is 1. The minimum Gasteiger partial charge on any atom is -0.483 e. The third-order valence-electron chi connectivity index (χ3n) is 5.32. The van der Waals surface area contributed by atoms with E-state index in [1.165, 1.54) is 17.7 Å². The van der Waals surface area contributed by atoms with E-state index < -0.39 is 4.92 Å². The molecule has 32 heavy (non-hydrogen) atoms. The molecule has 3 aromatic rings. The van der Waals surface area contributed by atoms with Crippen LogP contribution in [-0.4, -0.2) is 15.6 Å². The van der Waals surface area contributed by atoms with Crippen molar-refractivity contribution in [2.24, 2.45) is 0 Å². The van der Waals surface area contributed by atoms with Crippen molar-refractivity contribution in [2.75, 3.05) is 10.6 Å². The molecule has 4 rings (SSSR count). The molecule has 0 radical (unpaired) electrons. The maximum absolute atomic E-state index is 10.8. The van der Waals surface area contributed by atoms with Gasteiger partial charge in [0.15, 0.2) is 5.11 Å². The van der Waals surface area contributed by atoms with Crippen LogP contribution in [0.5, 0.6) is 5.75 Å². The fourth-order valence-corrected chi connectivity index (χ4v) is 3.77. The van der Waals surface area contributed by atoms with Gasteiger partial charge in [0.25, 0.3) is 5.69 Å². The highest BCUT2D eigenvalue weighted by Crippen LogP contribution is 2.35. The lowest BCUT2D eigenvalue weighted by atomic mass is 9.93. The van der Waals surface area contributed by atoms with Crippen LogP contribution in [-0.2, 0) is 6.42 Å². The second-order valence-electron chi connectivity index (χ2n) is 7.87. The van der Waals surface area contributed by atoms with Crippen molar-refractivity contribution in [2.45, 2.75) is 25.4 Å². The van der Waals surface area contributed by atoms with Gasteiger partial charge in [0.2, 0.25) is 0 Å². The van der Waals surface area contributed by atoms with Gasteiger partial charge in [-0.3, -0.25) is 10.1 Å². The van der Waals surface area contributed by atoms with E-state index in [-0.39, 0.29) is 11.3 Å². The molecule has 0 saturated carbocycles. The molecule has 3 aromatic carbocycles. The molecule has 162 valence electrons. The Kier molecular flexibility index (Phi) is 6.18. The van der Waals surface area contributed by atoms with Crippen LogP contribution in [0.4, 0.5) is 17.1 Å². The first-order chi connectivity index (χ1) is 15.4. The van der Waals surface area contributed by atoms with E-state index in [1.807, 2.05) is 24.3 Å². The summed E-state index contributed by atoms with van der Waals surface area (Å²) < 4.78 is 6.31. The number of ether oxygens (including phenoxy) is 1. The topological polar surface area (TPSA) is 76.4 Å². The van der Waals surface area contributed by atoms with Gasteiger partial charge in [-0.2, -0.15) is 0 Å². The average molecular weight is 446 g/mol. The SMILES string of the molecule is CC1(CCc2ccccc2)C=Cc2cc(NC(=S)Nc3ccc([N+](=O)[O-])cc3)ccc2O1. The highest BCUT2D eigenvalue weighted by Gasteiger charge is 2.27. The summed E-state index contributed by atoms with van der Waals surface area (Å²) in [6.07, 6.45) is 6.02. The molecular weight excluding hydrogens is 422 g/mol. The summed E-state index contributed by atoms with van der Waals surface area (Å²) in [5.74, 6) is 0.836. The van der Waals surface area contributed by atoms with Crippen LogP contribution >= 0.6 is 12.2 Å². The fraction of sp³-hybridized carbons (Fsp3) is 0.160. The summed E-state index contributed by atoms with van der Waals surface area (Å²) in [5, 5.41) is 17.3. The summed E-state index contributed by atoms with van der Waals surface area (Å²) in [5.41, 5.74) is 3.44. The number of rotatable bonds is 6. The van der Waals surface area contributed by atoms with Crippen LogP contribution in [0.1, 0.15) is 24.5 Å². The molecule has 0 spiro atoms. The molecule has 0 bridgehead atoms. The second kappa shape index (κ2) is 9.20. The first-order valence-corrected chi connectivity index (χ1v) is 10.7. The van der Waals surface area contributed by atoms with E-state index in [1.54, 1.807) is 12.1 Å². The summed E-state index contributed by atoms with van der Waals surface area (Å²) in [7, 11) is 0. The lowest BCUT2D eigenvalue weighted by Crippen LogP contribution is -2.32. The normalized spacial score (nSPS) is 16.5. The number of hydrogen-bond acceptors (Lipinski definition) is 4. The highest BCUT2D eigenvalue weighted by molar-refractivity contribution is 7.80. The first-order valence-electron chi connectivity index (χ1n) is 10.3. The molecule has 7 heteroatoms. The number of non-ortho nitro benzene ring substituents is 1. The first kappa shape index (κ1) is 21.5. The number of benzene rings is 3. The Morgan fingerprint density at radius 2 is 1.72 bits per heavy atom. The highest BCUT2D eigenvalue weighted by atomic mass is 32.1. The summed E-state index contributed by atoms with van der Waals surface area (Å²) >= 11 is 5.37. The van der Waals surface area contributed by atoms with Crippen molar-refractivity contribution >= 4 is 40.5 Å². The Labute approximate surface area is 192 Å². The molecule has 0 aromatic heterocycles. The number of nitrogens with zero attached hydrogens (tertiary/aromatic N) is 1. The number of thiocarbonyl (C=S) groups is 1. The Morgan fingerprint density at radius 3 is 2.44 bits per heavy atom.